The standard InChI is InChI=1S/C14H22N2O/c15-13-7-5-12(6-8-13)11-16(9-10-17)14-3-1-2-4-14/h5-8,14,17H,1-4,9-11,15H2. The van der Waals surface area contributed by atoms with E-state index in [0.717, 1.165) is 18.8 Å². The molecule has 0 radical (unpaired) electrons. The van der Waals surface area contributed by atoms with Gasteiger partial charge in [-0.15, -0.1) is 0 Å². The van der Waals surface area contributed by atoms with Gasteiger partial charge in [0.2, 0.25) is 0 Å². The molecule has 3 nitrogen and oxygen atoms in total. The van der Waals surface area contributed by atoms with Crippen LogP contribution in [0, 0.1) is 0 Å². The first kappa shape index (κ1) is 12.4. The van der Waals surface area contributed by atoms with Crippen molar-refractivity contribution in [3.8, 4) is 0 Å². The topological polar surface area (TPSA) is 49.5 Å². The summed E-state index contributed by atoms with van der Waals surface area (Å²) in [6.07, 6.45) is 5.20. The van der Waals surface area contributed by atoms with Gasteiger partial charge in [0.25, 0.3) is 0 Å². The van der Waals surface area contributed by atoms with Crippen LogP contribution >= 0.6 is 0 Å². The summed E-state index contributed by atoms with van der Waals surface area (Å²) in [5.74, 6) is 0. The zero-order valence-corrected chi connectivity index (χ0v) is 10.3. The Hall–Kier alpha value is -1.06. The minimum absolute atomic E-state index is 0.242. The van der Waals surface area contributed by atoms with Crippen molar-refractivity contribution in [3.63, 3.8) is 0 Å². The van der Waals surface area contributed by atoms with E-state index in [0.29, 0.717) is 6.04 Å². The van der Waals surface area contributed by atoms with Crippen LogP contribution in [0.25, 0.3) is 0 Å². The fourth-order valence-electron chi connectivity index (χ4n) is 2.65. The molecule has 1 fully saturated rings. The summed E-state index contributed by atoms with van der Waals surface area (Å²) in [5.41, 5.74) is 7.77. The summed E-state index contributed by atoms with van der Waals surface area (Å²) in [4.78, 5) is 2.40. The number of hydrogen-bond donors (Lipinski definition) is 2. The van der Waals surface area contributed by atoms with Gasteiger partial charge >= 0.3 is 0 Å². The number of aliphatic hydroxyl groups is 1. The van der Waals surface area contributed by atoms with Crippen molar-refractivity contribution >= 4 is 5.69 Å². The molecule has 2 rings (SSSR count). The van der Waals surface area contributed by atoms with Crippen LogP contribution < -0.4 is 5.73 Å². The number of nitrogen functional groups attached to an aromatic ring is 1. The van der Waals surface area contributed by atoms with Crippen molar-refractivity contribution in [1.82, 2.24) is 4.90 Å². The maximum atomic E-state index is 9.16. The Labute approximate surface area is 103 Å². The number of hydrogen-bond acceptors (Lipinski definition) is 3. The first-order valence-electron chi connectivity index (χ1n) is 6.49. The van der Waals surface area contributed by atoms with Crippen molar-refractivity contribution in [1.29, 1.82) is 0 Å². The van der Waals surface area contributed by atoms with E-state index < -0.39 is 0 Å². The van der Waals surface area contributed by atoms with E-state index in [2.05, 4.69) is 17.0 Å². The molecule has 3 heteroatoms. The quantitative estimate of drug-likeness (QED) is 0.766. The minimum Gasteiger partial charge on any atom is -0.399 e. The normalized spacial score (nSPS) is 16.8. The molecule has 0 aromatic heterocycles. The Morgan fingerprint density at radius 3 is 2.41 bits per heavy atom. The van der Waals surface area contributed by atoms with E-state index >= 15 is 0 Å². The number of aliphatic hydroxyl groups excluding tert-OH is 1. The van der Waals surface area contributed by atoms with Gasteiger partial charge in [-0.3, -0.25) is 4.90 Å². The van der Waals surface area contributed by atoms with Gasteiger partial charge < -0.3 is 10.8 Å². The van der Waals surface area contributed by atoms with Crippen molar-refractivity contribution in [2.24, 2.45) is 0 Å². The zero-order chi connectivity index (χ0) is 12.1. The van der Waals surface area contributed by atoms with Crippen LogP contribution in [0.3, 0.4) is 0 Å². The molecule has 0 aliphatic heterocycles. The number of benzene rings is 1. The lowest BCUT2D eigenvalue weighted by Gasteiger charge is -2.28. The molecular weight excluding hydrogens is 212 g/mol. The molecule has 0 heterocycles. The first-order chi connectivity index (χ1) is 8.29. The molecular formula is C14H22N2O. The zero-order valence-electron chi connectivity index (χ0n) is 10.3. The summed E-state index contributed by atoms with van der Waals surface area (Å²) in [6.45, 7) is 1.94. The second-order valence-electron chi connectivity index (χ2n) is 4.87. The SMILES string of the molecule is Nc1ccc(CN(CCO)C2CCCC2)cc1. The highest BCUT2D eigenvalue weighted by atomic mass is 16.3. The highest BCUT2D eigenvalue weighted by Crippen LogP contribution is 2.24. The second kappa shape index (κ2) is 6.03. The predicted molar refractivity (Wildman–Crippen MR) is 70.6 cm³/mol. The van der Waals surface area contributed by atoms with Crippen LogP contribution in [0.4, 0.5) is 5.69 Å². The van der Waals surface area contributed by atoms with Crippen LogP contribution in [0.2, 0.25) is 0 Å². The summed E-state index contributed by atoms with van der Waals surface area (Å²) in [5, 5.41) is 9.16. The molecule has 1 aromatic rings. The van der Waals surface area contributed by atoms with E-state index in [1.807, 2.05) is 12.1 Å². The summed E-state index contributed by atoms with van der Waals surface area (Å²) >= 11 is 0. The molecule has 0 bridgehead atoms. The van der Waals surface area contributed by atoms with Crippen LogP contribution in [-0.4, -0.2) is 29.2 Å². The second-order valence-corrected chi connectivity index (χ2v) is 4.87. The molecule has 1 aliphatic carbocycles. The Morgan fingerprint density at radius 2 is 1.82 bits per heavy atom. The van der Waals surface area contributed by atoms with Gasteiger partial charge in [0.05, 0.1) is 6.61 Å². The van der Waals surface area contributed by atoms with Gasteiger partial charge in [0.15, 0.2) is 0 Å². The van der Waals surface area contributed by atoms with Gasteiger partial charge in [0, 0.05) is 24.8 Å². The van der Waals surface area contributed by atoms with Crippen LogP contribution in [0.5, 0.6) is 0 Å². The van der Waals surface area contributed by atoms with E-state index in [-0.39, 0.29) is 6.61 Å². The molecule has 0 spiro atoms. The third kappa shape index (κ3) is 3.45. The molecule has 1 aromatic carbocycles. The number of nitrogens with two attached hydrogens (primary N) is 1. The number of nitrogens with zero attached hydrogens (tertiary/aromatic N) is 1. The smallest absolute Gasteiger partial charge is 0.0558 e. The highest BCUT2D eigenvalue weighted by Gasteiger charge is 2.21. The lowest BCUT2D eigenvalue weighted by Crippen LogP contribution is -2.35. The summed E-state index contributed by atoms with van der Waals surface area (Å²) < 4.78 is 0. The summed E-state index contributed by atoms with van der Waals surface area (Å²) in [7, 11) is 0. The molecule has 1 aliphatic rings. The summed E-state index contributed by atoms with van der Waals surface area (Å²) in [6, 6.07) is 8.70. The Kier molecular flexibility index (Phi) is 4.40. The average Bonchev–Trinajstić information content (AvgIpc) is 2.85. The number of anilines is 1. The van der Waals surface area contributed by atoms with Crippen molar-refractivity contribution < 1.29 is 5.11 Å². The van der Waals surface area contributed by atoms with Crippen molar-refractivity contribution in [3.05, 3.63) is 29.8 Å². The predicted octanol–water partition coefficient (Wildman–Crippen LogP) is 2.01. The Bertz CT molecular complexity index is 331. The molecule has 94 valence electrons. The fourth-order valence-corrected chi connectivity index (χ4v) is 2.65. The van der Waals surface area contributed by atoms with Crippen LogP contribution in [0.1, 0.15) is 31.2 Å². The molecule has 17 heavy (non-hydrogen) atoms. The first-order valence-corrected chi connectivity index (χ1v) is 6.49. The van der Waals surface area contributed by atoms with Gasteiger partial charge in [-0.1, -0.05) is 25.0 Å². The monoisotopic (exact) mass is 234 g/mol. The van der Waals surface area contributed by atoms with Gasteiger partial charge in [-0.25, -0.2) is 0 Å². The van der Waals surface area contributed by atoms with E-state index in [4.69, 9.17) is 10.8 Å². The molecule has 3 N–H and O–H groups in total. The molecule has 0 amide bonds. The third-order valence-corrected chi connectivity index (χ3v) is 3.59. The molecule has 0 atom stereocenters. The molecule has 0 unspecified atom stereocenters. The van der Waals surface area contributed by atoms with Gasteiger partial charge in [-0.05, 0) is 30.5 Å². The van der Waals surface area contributed by atoms with Crippen molar-refractivity contribution in [2.75, 3.05) is 18.9 Å². The Balaban J connectivity index is 1.98. The number of rotatable bonds is 5. The maximum absolute atomic E-state index is 9.16. The van der Waals surface area contributed by atoms with E-state index in [1.54, 1.807) is 0 Å². The van der Waals surface area contributed by atoms with E-state index in [1.165, 1.54) is 31.2 Å². The highest BCUT2D eigenvalue weighted by molar-refractivity contribution is 5.39. The fraction of sp³-hybridized carbons (Fsp3) is 0.571. The van der Waals surface area contributed by atoms with Crippen LogP contribution in [0.15, 0.2) is 24.3 Å². The van der Waals surface area contributed by atoms with Crippen molar-refractivity contribution in [2.45, 2.75) is 38.3 Å². The lowest BCUT2D eigenvalue weighted by atomic mass is 10.1. The van der Waals surface area contributed by atoms with Gasteiger partial charge in [-0.2, -0.15) is 0 Å². The van der Waals surface area contributed by atoms with E-state index in [9.17, 15) is 0 Å². The molecule has 0 saturated heterocycles. The Morgan fingerprint density at radius 1 is 1.18 bits per heavy atom. The maximum Gasteiger partial charge on any atom is 0.0558 e. The average molecular weight is 234 g/mol. The molecule has 1 saturated carbocycles. The lowest BCUT2D eigenvalue weighted by molar-refractivity contribution is 0.145. The minimum atomic E-state index is 0.242. The van der Waals surface area contributed by atoms with Crippen LogP contribution in [-0.2, 0) is 6.54 Å². The largest absolute Gasteiger partial charge is 0.399 e. The van der Waals surface area contributed by atoms with Gasteiger partial charge in [0.1, 0.15) is 0 Å². The third-order valence-electron chi connectivity index (χ3n) is 3.59.